The van der Waals surface area contributed by atoms with Gasteiger partial charge in [0.05, 0.1) is 0 Å². The van der Waals surface area contributed by atoms with Crippen molar-refractivity contribution in [2.45, 2.75) is 51.1 Å². The molecule has 6 heteroatoms. The first-order valence-electron chi connectivity index (χ1n) is 8.02. The lowest BCUT2D eigenvalue weighted by Gasteiger charge is -2.39. The van der Waals surface area contributed by atoms with Gasteiger partial charge in [0, 0.05) is 25.0 Å². The van der Waals surface area contributed by atoms with Gasteiger partial charge in [0.25, 0.3) is 0 Å². The van der Waals surface area contributed by atoms with Gasteiger partial charge in [-0.15, -0.1) is 0 Å². The largest absolute Gasteiger partial charge is 0.480 e. The summed E-state index contributed by atoms with van der Waals surface area (Å²) >= 11 is 0. The average Bonchev–Trinajstić information content (AvgIpc) is 2.96. The highest BCUT2D eigenvalue weighted by Crippen LogP contribution is 2.26. The number of rotatable bonds is 5. The zero-order chi connectivity index (χ0) is 15.4. The molecule has 2 rings (SSSR count). The maximum atomic E-state index is 12.3. The summed E-state index contributed by atoms with van der Waals surface area (Å²) in [6.07, 6.45) is 4.20. The fraction of sp³-hybridized carbons (Fsp3) is 0.867. The highest BCUT2D eigenvalue weighted by atomic mass is 16.4. The van der Waals surface area contributed by atoms with Crippen molar-refractivity contribution < 1.29 is 14.7 Å². The van der Waals surface area contributed by atoms with E-state index >= 15 is 0 Å². The van der Waals surface area contributed by atoms with Gasteiger partial charge < -0.3 is 15.7 Å². The number of amides is 1. The molecular weight excluding hydrogens is 270 g/mol. The van der Waals surface area contributed by atoms with Crippen LogP contribution in [-0.4, -0.2) is 65.0 Å². The van der Waals surface area contributed by atoms with Crippen molar-refractivity contribution in [3.05, 3.63) is 0 Å². The second kappa shape index (κ2) is 7.22. The number of carboxylic acids is 1. The van der Waals surface area contributed by atoms with E-state index in [1.54, 1.807) is 0 Å². The summed E-state index contributed by atoms with van der Waals surface area (Å²) < 4.78 is 0. The first-order valence-corrected chi connectivity index (χ1v) is 8.02. The topological polar surface area (TPSA) is 86.9 Å². The van der Waals surface area contributed by atoms with Gasteiger partial charge in [0.15, 0.2) is 0 Å². The molecule has 120 valence electrons. The first-order chi connectivity index (χ1) is 10.0. The number of aliphatic carboxylic acids is 1. The molecule has 1 amide bonds. The van der Waals surface area contributed by atoms with E-state index in [4.69, 9.17) is 5.73 Å². The predicted molar refractivity (Wildman–Crippen MR) is 79.8 cm³/mol. The molecule has 2 unspecified atom stereocenters. The number of hydrogen-bond donors (Lipinski definition) is 2. The zero-order valence-electron chi connectivity index (χ0n) is 12.8. The van der Waals surface area contributed by atoms with Crippen LogP contribution in [0, 0.1) is 5.92 Å². The van der Waals surface area contributed by atoms with Crippen molar-refractivity contribution in [1.29, 1.82) is 0 Å². The second-order valence-electron chi connectivity index (χ2n) is 6.27. The highest BCUT2D eigenvalue weighted by molar-refractivity contribution is 5.78. The molecule has 2 heterocycles. The molecule has 0 radical (unpaired) electrons. The van der Waals surface area contributed by atoms with Gasteiger partial charge in [-0.25, -0.2) is 0 Å². The maximum Gasteiger partial charge on any atom is 0.320 e. The Morgan fingerprint density at radius 3 is 2.48 bits per heavy atom. The van der Waals surface area contributed by atoms with Crippen molar-refractivity contribution in [1.82, 2.24) is 9.80 Å². The first kappa shape index (κ1) is 16.2. The smallest absolute Gasteiger partial charge is 0.320 e. The van der Waals surface area contributed by atoms with Crippen molar-refractivity contribution in [2.24, 2.45) is 11.7 Å². The summed E-state index contributed by atoms with van der Waals surface area (Å²) in [6.45, 7) is 4.82. The summed E-state index contributed by atoms with van der Waals surface area (Å²) in [7, 11) is 0. The van der Waals surface area contributed by atoms with Gasteiger partial charge in [-0.3, -0.25) is 14.5 Å². The number of carbonyl (C=O) groups is 2. The lowest BCUT2D eigenvalue weighted by molar-refractivity contribution is -0.144. The third-order valence-corrected chi connectivity index (χ3v) is 4.85. The van der Waals surface area contributed by atoms with E-state index in [0.29, 0.717) is 12.6 Å². The van der Waals surface area contributed by atoms with Crippen LogP contribution in [-0.2, 0) is 9.59 Å². The Balaban J connectivity index is 1.85. The quantitative estimate of drug-likeness (QED) is 0.772. The molecule has 0 bridgehead atoms. The number of carbonyl (C=O) groups excluding carboxylic acids is 1. The summed E-state index contributed by atoms with van der Waals surface area (Å²) in [6, 6.07) is -0.0177. The minimum Gasteiger partial charge on any atom is -0.480 e. The molecule has 2 atom stereocenters. The van der Waals surface area contributed by atoms with Gasteiger partial charge in [-0.2, -0.15) is 0 Å². The molecule has 3 N–H and O–H groups in total. The lowest BCUT2D eigenvalue weighted by atomic mass is 9.99. The molecular formula is C15H27N3O3. The molecule has 0 aromatic rings. The summed E-state index contributed by atoms with van der Waals surface area (Å²) in [5.74, 6) is -0.525. The lowest BCUT2D eigenvalue weighted by Crippen LogP contribution is -2.50. The van der Waals surface area contributed by atoms with Gasteiger partial charge in [-0.05, 0) is 45.2 Å². The molecule has 0 aromatic carbocycles. The molecule has 0 aromatic heterocycles. The maximum absolute atomic E-state index is 12.3. The van der Waals surface area contributed by atoms with E-state index in [1.807, 2.05) is 11.8 Å². The van der Waals surface area contributed by atoms with Crippen LogP contribution in [0.3, 0.4) is 0 Å². The molecule has 0 spiro atoms. The van der Waals surface area contributed by atoms with Gasteiger partial charge in [0.2, 0.25) is 5.91 Å². The third-order valence-electron chi connectivity index (χ3n) is 4.85. The SMILES string of the molecule is CC(CCN)C(=O)N1CCC(N2CCCC2C(=O)O)CC1. The number of carboxylic acid groups (broad SMARTS) is 1. The normalized spacial score (nSPS) is 26.0. The van der Waals surface area contributed by atoms with Crippen LogP contribution in [0.4, 0.5) is 0 Å². The molecule has 21 heavy (non-hydrogen) atoms. The van der Waals surface area contributed by atoms with Crippen molar-refractivity contribution in [2.75, 3.05) is 26.2 Å². The number of hydrogen-bond acceptors (Lipinski definition) is 4. The van der Waals surface area contributed by atoms with E-state index in [2.05, 4.69) is 4.90 Å². The number of nitrogens with two attached hydrogens (primary N) is 1. The summed E-state index contributed by atoms with van der Waals surface area (Å²) in [5, 5.41) is 9.27. The van der Waals surface area contributed by atoms with Crippen molar-refractivity contribution in [3.63, 3.8) is 0 Å². The van der Waals surface area contributed by atoms with Crippen LogP contribution in [0.15, 0.2) is 0 Å². The molecule has 2 aliphatic heterocycles. The fourth-order valence-electron chi connectivity index (χ4n) is 3.59. The van der Waals surface area contributed by atoms with Crippen LogP contribution < -0.4 is 5.73 Å². The Morgan fingerprint density at radius 2 is 1.90 bits per heavy atom. The van der Waals surface area contributed by atoms with Gasteiger partial charge in [-0.1, -0.05) is 6.92 Å². The minimum absolute atomic E-state index is 0.00916. The minimum atomic E-state index is -0.706. The molecule has 2 saturated heterocycles. The van der Waals surface area contributed by atoms with Crippen molar-refractivity contribution >= 4 is 11.9 Å². The zero-order valence-corrected chi connectivity index (χ0v) is 12.8. The van der Waals surface area contributed by atoms with Crippen LogP contribution in [0.5, 0.6) is 0 Å². The summed E-state index contributed by atoms with van der Waals surface area (Å²) in [4.78, 5) is 27.6. The van der Waals surface area contributed by atoms with Crippen molar-refractivity contribution in [3.8, 4) is 0 Å². The standard InChI is InChI=1S/C15H27N3O3/c1-11(4-7-16)14(19)17-9-5-12(6-10-17)18-8-2-3-13(18)15(20)21/h11-13H,2-10,16H2,1H3,(H,20,21). The Labute approximate surface area is 126 Å². The Hall–Kier alpha value is -1.14. The van der Waals surface area contributed by atoms with E-state index in [9.17, 15) is 14.7 Å². The Kier molecular flexibility index (Phi) is 5.58. The van der Waals surface area contributed by atoms with E-state index in [-0.39, 0.29) is 17.9 Å². The predicted octanol–water partition coefficient (Wildman–Crippen LogP) is 0.511. The average molecular weight is 297 g/mol. The Bertz CT molecular complexity index is 380. The van der Waals surface area contributed by atoms with E-state index < -0.39 is 5.97 Å². The highest BCUT2D eigenvalue weighted by Gasteiger charge is 2.37. The number of likely N-dealkylation sites (tertiary alicyclic amines) is 2. The van der Waals surface area contributed by atoms with E-state index in [1.165, 1.54) is 0 Å². The van der Waals surface area contributed by atoms with Crippen LogP contribution in [0.2, 0.25) is 0 Å². The molecule has 6 nitrogen and oxygen atoms in total. The summed E-state index contributed by atoms with van der Waals surface area (Å²) in [5.41, 5.74) is 5.51. The number of nitrogens with zero attached hydrogens (tertiary/aromatic N) is 2. The van der Waals surface area contributed by atoms with Gasteiger partial charge in [0.1, 0.15) is 6.04 Å². The van der Waals surface area contributed by atoms with Crippen LogP contribution in [0.1, 0.15) is 39.0 Å². The molecule has 0 aliphatic carbocycles. The monoisotopic (exact) mass is 297 g/mol. The second-order valence-corrected chi connectivity index (χ2v) is 6.27. The Morgan fingerprint density at radius 1 is 1.24 bits per heavy atom. The van der Waals surface area contributed by atoms with Crippen LogP contribution >= 0.6 is 0 Å². The van der Waals surface area contributed by atoms with E-state index in [0.717, 1.165) is 51.7 Å². The fourth-order valence-corrected chi connectivity index (χ4v) is 3.59. The number of piperidine rings is 1. The third kappa shape index (κ3) is 3.74. The van der Waals surface area contributed by atoms with Gasteiger partial charge >= 0.3 is 5.97 Å². The molecule has 2 fully saturated rings. The van der Waals surface area contributed by atoms with Crippen LogP contribution in [0.25, 0.3) is 0 Å². The molecule has 2 aliphatic rings. The molecule has 0 saturated carbocycles.